The lowest BCUT2D eigenvalue weighted by Crippen LogP contribution is -2.27. The summed E-state index contributed by atoms with van der Waals surface area (Å²) in [6.45, 7) is 8.64. The number of benzene rings is 1. The molecule has 1 unspecified atom stereocenters. The third-order valence-electron chi connectivity index (χ3n) is 4.09. The van der Waals surface area contributed by atoms with Crippen LogP contribution in [0.2, 0.25) is 0 Å². The highest BCUT2D eigenvalue weighted by atomic mass is 16.5. The van der Waals surface area contributed by atoms with Crippen LogP contribution in [-0.4, -0.2) is 42.9 Å². The molecule has 3 heteroatoms. The van der Waals surface area contributed by atoms with Crippen molar-refractivity contribution in [2.24, 2.45) is 11.8 Å². The Morgan fingerprint density at radius 3 is 2.71 bits per heavy atom. The van der Waals surface area contributed by atoms with Gasteiger partial charge in [0.05, 0.1) is 0 Å². The molecule has 3 nitrogen and oxygen atoms in total. The molecule has 0 aromatic heterocycles. The van der Waals surface area contributed by atoms with Crippen molar-refractivity contribution in [3.8, 4) is 17.6 Å². The fourth-order valence-corrected chi connectivity index (χ4v) is 2.68. The van der Waals surface area contributed by atoms with Gasteiger partial charge in [-0.1, -0.05) is 25.7 Å². The fraction of sp³-hybridized carbons (Fsp3) is 0.556. The Morgan fingerprint density at radius 1 is 1.33 bits per heavy atom. The number of likely N-dealkylation sites (tertiary alicyclic amines) is 1. The minimum atomic E-state index is -0.106. The molecule has 1 fully saturated rings. The number of aliphatic hydroxyl groups excluding tert-OH is 1. The highest BCUT2D eigenvalue weighted by Crippen LogP contribution is 2.23. The molecule has 21 heavy (non-hydrogen) atoms. The number of hydrogen-bond donors (Lipinski definition) is 1. The van der Waals surface area contributed by atoms with Gasteiger partial charge in [-0.3, -0.25) is 4.90 Å². The number of nitrogens with zero attached hydrogens (tertiary/aromatic N) is 1. The first-order valence-corrected chi connectivity index (χ1v) is 7.74. The Balaban J connectivity index is 1.71. The maximum absolute atomic E-state index is 8.65. The quantitative estimate of drug-likeness (QED) is 0.844. The van der Waals surface area contributed by atoms with E-state index in [0.29, 0.717) is 0 Å². The lowest BCUT2D eigenvalue weighted by atomic mass is 9.95. The second-order valence-electron chi connectivity index (χ2n) is 5.93. The molecule has 0 spiro atoms. The first-order valence-electron chi connectivity index (χ1n) is 7.74. The first kappa shape index (κ1) is 15.9. The van der Waals surface area contributed by atoms with Crippen LogP contribution in [0.5, 0.6) is 5.75 Å². The normalized spacial score (nSPS) is 18.6. The van der Waals surface area contributed by atoms with Gasteiger partial charge in [-0.15, -0.1) is 0 Å². The predicted octanol–water partition coefficient (Wildman–Crippen LogP) is 2.39. The van der Waals surface area contributed by atoms with Gasteiger partial charge in [-0.2, -0.15) is 0 Å². The van der Waals surface area contributed by atoms with E-state index in [-0.39, 0.29) is 6.61 Å². The highest BCUT2D eigenvalue weighted by Gasteiger charge is 2.24. The molecule has 0 radical (unpaired) electrons. The van der Waals surface area contributed by atoms with E-state index in [0.717, 1.165) is 36.3 Å². The number of rotatable bonds is 5. The van der Waals surface area contributed by atoms with Crippen molar-refractivity contribution in [2.75, 3.05) is 32.8 Å². The van der Waals surface area contributed by atoms with E-state index in [1.165, 1.54) is 19.5 Å². The zero-order valence-corrected chi connectivity index (χ0v) is 13.0. The molecule has 0 saturated carbocycles. The van der Waals surface area contributed by atoms with Gasteiger partial charge < -0.3 is 9.84 Å². The van der Waals surface area contributed by atoms with Gasteiger partial charge in [0.15, 0.2) is 0 Å². The molecule has 1 aromatic carbocycles. The molecule has 0 amide bonds. The lowest BCUT2D eigenvalue weighted by Gasteiger charge is -2.18. The van der Waals surface area contributed by atoms with Crippen molar-refractivity contribution in [1.82, 2.24) is 4.90 Å². The number of hydrogen-bond acceptors (Lipinski definition) is 3. The molecule has 1 aliphatic rings. The van der Waals surface area contributed by atoms with E-state index in [1.54, 1.807) is 0 Å². The summed E-state index contributed by atoms with van der Waals surface area (Å²) < 4.78 is 5.78. The summed E-state index contributed by atoms with van der Waals surface area (Å²) in [5.74, 6) is 8.01. The van der Waals surface area contributed by atoms with Gasteiger partial charge in [0.1, 0.15) is 19.0 Å². The fourth-order valence-electron chi connectivity index (χ4n) is 2.68. The molecular formula is C18H25NO2. The SMILES string of the molecule is CC(C)C1CCN(CCOc2ccc(C#CCO)cc2)C1. The summed E-state index contributed by atoms with van der Waals surface area (Å²) in [5.41, 5.74) is 0.899. The molecule has 1 aliphatic heterocycles. The van der Waals surface area contributed by atoms with Crippen LogP contribution >= 0.6 is 0 Å². The van der Waals surface area contributed by atoms with Gasteiger partial charge in [0.2, 0.25) is 0 Å². The van der Waals surface area contributed by atoms with E-state index < -0.39 is 0 Å². The van der Waals surface area contributed by atoms with Gasteiger partial charge in [-0.25, -0.2) is 0 Å². The van der Waals surface area contributed by atoms with E-state index in [2.05, 4.69) is 30.6 Å². The minimum absolute atomic E-state index is 0.106. The number of ether oxygens (including phenoxy) is 1. The average Bonchev–Trinajstić information content (AvgIpc) is 2.95. The molecule has 0 bridgehead atoms. The van der Waals surface area contributed by atoms with Crippen LogP contribution in [0.15, 0.2) is 24.3 Å². The third kappa shape index (κ3) is 5.08. The molecule has 0 aliphatic carbocycles. The van der Waals surface area contributed by atoms with E-state index in [1.807, 2.05) is 24.3 Å². The van der Waals surface area contributed by atoms with E-state index in [4.69, 9.17) is 9.84 Å². The van der Waals surface area contributed by atoms with E-state index >= 15 is 0 Å². The van der Waals surface area contributed by atoms with Crippen LogP contribution in [0.3, 0.4) is 0 Å². The summed E-state index contributed by atoms with van der Waals surface area (Å²) >= 11 is 0. The maximum atomic E-state index is 8.65. The highest BCUT2D eigenvalue weighted by molar-refractivity contribution is 5.38. The Hall–Kier alpha value is -1.50. The van der Waals surface area contributed by atoms with Crippen molar-refractivity contribution in [3.05, 3.63) is 29.8 Å². The van der Waals surface area contributed by atoms with Crippen molar-refractivity contribution in [1.29, 1.82) is 0 Å². The summed E-state index contributed by atoms with van der Waals surface area (Å²) in [4.78, 5) is 2.49. The maximum Gasteiger partial charge on any atom is 0.119 e. The largest absolute Gasteiger partial charge is 0.492 e. The van der Waals surface area contributed by atoms with Crippen LogP contribution in [0, 0.1) is 23.7 Å². The third-order valence-corrected chi connectivity index (χ3v) is 4.09. The molecule has 1 N–H and O–H groups in total. The second-order valence-corrected chi connectivity index (χ2v) is 5.93. The Bertz CT molecular complexity index is 484. The van der Waals surface area contributed by atoms with Crippen molar-refractivity contribution in [3.63, 3.8) is 0 Å². The average molecular weight is 287 g/mol. The summed E-state index contributed by atoms with van der Waals surface area (Å²) in [5, 5.41) is 8.65. The molecular weight excluding hydrogens is 262 g/mol. The standard InChI is InChI=1S/C18H25NO2/c1-15(2)17-9-10-19(14-17)11-13-21-18-7-5-16(6-8-18)4-3-12-20/h5-8,15,17,20H,9-14H2,1-2H3. The molecule has 1 aromatic rings. The smallest absolute Gasteiger partial charge is 0.119 e. The van der Waals surface area contributed by atoms with Crippen LogP contribution in [0.1, 0.15) is 25.8 Å². The summed E-state index contributed by atoms with van der Waals surface area (Å²) in [7, 11) is 0. The van der Waals surface area contributed by atoms with Crippen LogP contribution < -0.4 is 4.74 Å². The van der Waals surface area contributed by atoms with Crippen molar-refractivity contribution >= 4 is 0 Å². The second kappa shape index (κ2) is 8.07. The van der Waals surface area contributed by atoms with Crippen molar-refractivity contribution < 1.29 is 9.84 Å². The summed E-state index contributed by atoms with van der Waals surface area (Å²) in [6.07, 6.45) is 1.32. The van der Waals surface area contributed by atoms with Gasteiger partial charge in [-0.05, 0) is 49.1 Å². The summed E-state index contributed by atoms with van der Waals surface area (Å²) in [6, 6.07) is 7.70. The van der Waals surface area contributed by atoms with Crippen LogP contribution in [0.4, 0.5) is 0 Å². The predicted molar refractivity (Wildman–Crippen MR) is 85.3 cm³/mol. The number of aliphatic hydroxyl groups is 1. The minimum Gasteiger partial charge on any atom is -0.492 e. The molecule has 114 valence electrons. The monoisotopic (exact) mass is 287 g/mol. The molecule has 1 heterocycles. The van der Waals surface area contributed by atoms with E-state index in [9.17, 15) is 0 Å². The molecule has 1 atom stereocenters. The Kier molecular flexibility index (Phi) is 6.10. The molecule has 1 saturated heterocycles. The van der Waals surface area contributed by atoms with Crippen LogP contribution in [0.25, 0.3) is 0 Å². The Labute approximate surface area is 127 Å². The van der Waals surface area contributed by atoms with Gasteiger partial charge in [0, 0.05) is 18.7 Å². The zero-order chi connectivity index (χ0) is 15.1. The topological polar surface area (TPSA) is 32.7 Å². The van der Waals surface area contributed by atoms with Crippen molar-refractivity contribution in [2.45, 2.75) is 20.3 Å². The Morgan fingerprint density at radius 2 is 2.10 bits per heavy atom. The van der Waals surface area contributed by atoms with Gasteiger partial charge >= 0.3 is 0 Å². The lowest BCUT2D eigenvalue weighted by molar-refractivity contribution is 0.227. The molecule has 2 rings (SSSR count). The zero-order valence-electron chi connectivity index (χ0n) is 13.0. The van der Waals surface area contributed by atoms with Crippen LogP contribution in [-0.2, 0) is 0 Å². The van der Waals surface area contributed by atoms with Gasteiger partial charge in [0.25, 0.3) is 0 Å². The first-order chi connectivity index (χ1) is 10.2.